The van der Waals surface area contributed by atoms with Gasteiger partial charge in [0, 0.05) is 6.54 Å². The fourth-order valence-electron chi connectivity index (χ4n) is 2.72. The first-order valence-corrected chi connectivity index (χ1v) is 7.13. The Labute approximate surface area is 121 Å². The summed E-state index contributed by atoms with van der Waals surface area (Å²) in [6.07, 6.45) is 2.16. The number of fused-ring (bicyclic) bond motifs is 1. The Bertz CT molecular complexity index is 693. The van der Waals surface area contributed by atoms with Crippen LogP contribution in [0.2, 0.25) is 5.28 Å². The van der Waals surface area contributed by atoms with Crippen molar-refractivity contribution < 1.29 is 5.11 Å². The Morgan fingerprint density at radius 1 is 1.50 bits per heavy atom. The van der Waals surface area contributed by atoms with Crippen molar-refractivity contribution in [2.75, 3.05) is 13.1 Å². The molecule has 0 aliphatic carbocycles. The van der Waals surface area contributed by atoms with Gasteiger partial charge in [-0.1, -0.05) is 6.07 Å². The van der Waals surface area contributed by atoms with Crippen LogP contribution < -0.4 is 10.9 Å². The van der Waals surface area contributed by atoms with E-state index in [1.165, 1.54) is 10.6 Å². The SMILES string of the molecule is O=c1c2c(O)cccc2nc(Cl)n1CC1CCCNC1. The van der Waals surface area contributed by atoms with Gasteiger partial charge < -0.3 is 10.4 Å². The maximum absolute atomic E-state index is 12.5. The molecule has 0 bridgehead atoms. The van der Waals surface area contributed by atoms with Crippen molar-refractivity contribution in [3.8, 4) is 5.75 Å². The summed E-state index contributed by atoms with van der Waals surface area (Å²) in [6.45, 7) is 2.43. The molecule has 0 saturated carbocycles. The normalized spacial score (nSPS) is 19.4. The van der Waals surface area contributed by atoms with Crippen LogP contribution in [0.5, 0.6) is 5.75 Å². The predicted octanol–water partition coefficient (Wildman–Crippen LogP) is 1.76. The van der Waals surface area contributed by atoms with E-state index in [9.17, 15) is 9.90 Å². The summed E-state index contributed by atoms with van der Waals surface area (Å²) in [7, 11) is 0. The van der Waals surface area contributed by atoms with Gasteiger partial charge in [0.05, 0.1) is 5.52 Å². The number of rotatable bonds is 2. The maximum Gasteiger partial charge on any atom is 0.266 e. The molecule has 106 valence electrons. The summed E-state index contributed by atoms with van der Waals surface area (Å²) in [4.78, 5) is 16.7. The van der Waals surface area contributed by atoms with E-state index in [2.05, 4.69) is 10.3 Å². The highest BCUT2D eigenvalue weighted by molar-refractivity contribution is 6.28. The zero-order valence-electron chi connectivity index (χ0n) is 11.0. The third kappa shape index (κ3) is 2.39. The Morgan fingerprint density at radius 2 is 2.35 bits per heavy atom. The van der Waals surface area contributed by atoms with Crippen LogP contribution in [0.25, 0.3) is 10.9 Å². The fraction of sp³-hybridized carbons (Fsp3) is 0.429. The summed E-state index contributed by atoms with van der Waals surface area (Å²) in [5, 5.41) is 13.6. The quantitative estimate of drug-likeness (QED) is 0.828. The zero-order chi connectivity index (χ0) is 14.1. The summed E-state index contributed by atoms with van der Waals surface area (Å²) >= 11 is 6.13. The number of phenolic OH excluding ortho intramolecular Hbond substituents is 1. The molecule has 6 heteroatoms. The van der Waals surface area contributed by atoms with Gasteiger partial charge in [-0.2, -0.15) is 0 Å². The molecule has 2 aromatic rings. The molecule has 1 unspecified atom stereocenters. The molecule has 0 amide bonds. The minimum Gasteiger partial charge on any atom is -0.507 e. The lowest BCUT2D eigenvalue weighted by atomic mass is 10.00. The Kier molecular flexibility index (Phi) is 3.63. The van der Waals surface area contributed by atoms with E-state index in [1.807, 2.05) is 0 Å². The second-order valence-electron chi connectivity index (χ2n) is 5.18. The molecular weight excluding hydrogens is 278 g/mol. The number of aromatic hydroxyl groups is 1. The van der Waals surface area contributed by atoms with E-state index >= 15 is 0 Å². The molecule has 5 nitrogen and oxygen atoms in total. The maximum atomic E-state index is 12.5. The van der Waals surface area contributed by atoms with Crippen molar-refractivity contribution in [1.82, 2.24) is 14.9 Å². The number of hydrogen-bond donors (Lipinski definition) is 2. The monoisotopic (exact) mass is 293 g/mol. The van der Waals surface area contributed by atoms with Crippen LogP contribution in [0.3, 0.4) is 0 Å². The van der Waals surface area contributed by atoms with Gasteiger partial charge in [-0.25, -0.2) is 4.98 Å². The molecule has 1 aromatic carbocycles. The van der Waals surface area contributed by atoms with E-state index < -0.39 is 0 Å². The third-order valence-electron chi connectivity index (χ3n) is 3.75. The topological polar surface area (TPSA) is 67.1 Å². The lowest BCUT2D eigenvalue weighted by Gasteiger charge is -2.23. The molecule has 20 heavy (non-hydrogen) atoms. The number of nitrogens with one attached hydrogen (secondary N) is 1. The van der Waals surface area contributed by atoms with Gasteiger partial charge in [0.15, 0.2) is 0 Å². The molecule has 0 radical (unpaired) electrons. The average molecular weight is 294 g/mol. The van der Waals surface area contributed by atoms with Crippen LogP contribution >= 0.6 is 11.6 Å². The van der Waals surface area contributed by atoms with Gasteiger partial charge in [-0.3, -0.25) is 9.36 Å². The smallest absolute Gasteiger partial charge is 0.266 e. The first-order valence-electron chi connectivity index (χ1n) is 6.75. The Balaban J connectivity index is 2.06. The highest BCUT2D eigenvalue weighted by Crippen LogP contribution is 2.22. The number of halogens is 1. The van der Waals surface area contributed by atoms with E-state index in [-0.39, 0.29) is 22.0 Å². The molecule has 1 aromatic heterocycles. The lowest BCUT2D eigenvalue weighted by molar-refractivity contribution is 0.333. The van der Waals surface area contributed by atoms with Crippen LogP contribution in [0.1, 0.15) is 12.8 Å². The van der Waals surface area contributed by atoms with E-state index in [4.69, 9.17) is 11.6 Å². The second kappa shape index (κ2) is 5.42. The van der Waals surface area contributed by atoms with Gasteiger partial charge in [-0.05, 0) is 55.6 Å². The summed E-state index contributed by atoms with van der Waals surface area (Å²) in [5.41, 5.74) is 0.154. The van der Waals surface area contributed by atoms with Crippen molar-refractivity contribution in [2.45, 2.75) is 19.4 Å². The number of hydrogen-bond acceptors (Lipinski definition) is 4. The first kappa shape index (κ1) is 13.4. The van der Waals surface area contributed by atoms with Gasteiger partial charge in [0.1, 0.15) is 11.1 Å². The molecule has 1 aliphatic rings. The van der Waals surface area contributed by atoms with Crippen molar-refractivity contribution >= 4 is 22.5 Å². The number of nitrogens with zero attached hydrogens (tertiary/aromatic N) is 2. The highest BCUT2D eigenvalue weighted by atomic mass is 35.5. The third-order valence-corrected chi connectivity index (χ3v) is 4.04. The van der Waals surface area contributed by atoms with E-state index in [1.54, 1.807) is 12.1 Å². The number of phenols is 1. The van der Waals surface area contributed by atoms with Crippen LogP contribution in [0, 0.1) is 5.92 Å². The molecule has 1 atom stereocenters. The predicted molar refractivity (Wildman–Crippen MR) is 78.3 cm³/mol. The second-order valence-corrected chi connectivity index (χ2v) is 5.52. The first-order chi connectivity index (χ1) is 9.66. The van der Waals surface area contributed by atoms with Crippen molar-refractivity contribution in [3.05, 3.63) is 33.8 Å². The van der Waals surface area contributed by atoms with Crippen LogP contribution in [0.15, 0.2) is 23.0 Å². The van der Waals surface area contributed by atoms with Crippen LogP contribution in [-0.2, 0) is 6.54 Å². The lowest BCUT2D eigenvalue weighted by Crippen LogP contribution is -2.35. The number of piperidine rings is 1. The van der Waals surface area contributed by atoms with E-state index in [0.717, 1.165) is 25.9 Å². The van der Waals surface area contributed by atoms with Gasteiger partial charge in [-0.15, -0.1) is 0 Å². The van der Waals surface area contributed by atoms with E-state index in [0.29, 0.717) is 18.0 Å². The van der Waals surface area contributed by atoms with Gasteiger partial charge >= 0.3 is 0 Å². The summed E-state index contributed by atoms with van der Waals surface area (Å²) in [5.74, 6) is 0.316. The molecule has 1 aliphatic heterocycles. The highest BCUT2D eigenvalue weighted by Gasteiger charge is 2.18. The molecule has 2 N–H and O–H groups in total. The minimum atomic E-state index is -0.274. The number of aromatic nitrogens is 2. The molecule has 0 spiro atoms. The summed E-state index contributed by atoms with van der Waals surface area (Å²) in [6, 6.07) is 4.82. The molecule has 3 rings (SSSR count). The van der Waals surface area contributed by atoms with Gasteiger partial charge in [0.2, 0.25) is 5.28 Å². The Morgan fingerprint density at radius 3 is 3.10 bits per heavy atom. The average Bonchev–Trinajstić information content (AvgIpc) is 2.44. The van der Waals surface area contributed by atoms with Crippen molar-refractivity contribution in [2.24, 2.45) is 5.92 Å². The van der Waals surface area contributed by atoms with Crippen LogP contribution in [0.4, 0.5) is 0 Å². The standard InChI is InChI=1S/C14H16ClN3O2/c15-14-17-10-4-1-5-11(19)12(10)13(20)18(14)8-9-3-2-6-16-7-9/h1,4-5,9,16,19H,2-3,6-8H2. The molecule has 1 saturated heterocycles. The molecule has 2 heterocycles. The fourth-order valence-corrected chi connectivity index (χ4v) is 2.95. The number of benzene rings is 1. The van der Waals surface area contributed by atoms with Crippen LogP contribution in [-0.4, -0.2) is 27.7 Å². The summed E-state index contributed by atoms with van der Waals surface area (Å²) < 4.78 is 1.46. The van der Waals surface area contributed by atoms with Crippen molar-refractivity contribution in [3.63, 3.8) is 0 Å². The largest absolute Gasteiger partial charge is 0.507 e. The minimum absolute atomic E-state index is 0.0489. The Hall–Kier alpha value is -1.59. The van der Waals surface area contributed by atoms with Crippen molar-refractivity contribution in [1.29, 1.82) is 0 Å². The molecule has 1 fully saturated rings. The zero-order valence-corrected chi connectivity index (χ0v) is 11.7. The molecular formula is C14H16ClN3O2. The van der Waals surface area contributed by atoms with Gasteiger partial charge in [0.25, 0.3) is 5.56 Å².